The number of ether oxygens (including phenoxy) is 2. The van der Waals surface area contributed by atoms with Crippen molar-refractivity contribution in [1.29, 1.82) is 0 Å². The predicted molar refractivity (Wildman–Crippen MR) is 115 cm³/mol. The smallest absolute Gasteiger partial charge is 0.244 e. The Labute approximate surface area is 177 Å². The molecule has 2 heterocycles. The number of benzene rings is 2. The molecule has 0 aliphatic carbocycles. The molecule has 1 aliphatic rings. The zero-order chi connectivity index (χ0) is 20.9. The fourth-order valence-corrected chi connectivity index (χ4v) is 3.82. The Morgan fingerprint density at radius 3 is 2.47 bits per heavy atom. The largest absolute Gasteiger partial charge is 0.497 e. The molecule has 7 nitrogen and oxygen atoms in total. The van der Waals surface area contributed by atoms with Gasteiger partial charge in [0.1, 0.15) is 11.5 Å². The average molecular weight is 409 g/mol. The third kappa shape index (κ3) is 4.47. The minimum Gasteiger partial charge on any atom is -0.497 e. The third-order valence-corrected chi connectivity index (χ3v) is 5.67. The average Bonchev–Trinajstić information content (AvgIpc) is 3.30. The van der Waals surface area contributed by atoms with Crippen LogP contribution in [-0.2, 0) is 6.54 Å². The second-order valence-electron chi connectivity index (χ2n) is 7.49. The highest BCUT2D eigenvalue weighted by Gasteiger charge is 2.26. The van der Waals surface area contributed by atoms with Gasteiger partial charge in [0.25, 0.3) is 0 Å². The number of nitrogens with zero attached hydrogens (tertiary/aromatic N) is 4. The maximum atomic E-state index is 5.57. The first-order valence-electron chi connectivity index (χ1n) is 10.2. The molecule has 1 fully saturated rings. The topological polar surface area (TPSA) is 63.9 Å². The van der Waals surface area contributed by atoms with Crippen LogP contribution >= 0.6 is 0 Å². The van der Waals surface area contributed by atoms with Crippen molar-refractivity contribution in [2.24, 2.45) is 0 Å². The van der Waals surface area contributed by atoms with Crippen molar-refractivity contribution in [3.05, 3.63) is 60.0 Å². The van der Waals surface area contributed by atoms with Crippen LogP contribution in [0.3, 0.4) is 0 Å². The van der Waals surface area contributed by atoms with E-state index in [2.05, 4.69) is 32.9 Å². The van der Waals surface area contributed by atoms with Gasteiger partial charge in [0.15, 0.2) is 0 Å². The highest BCUT2D eigenvalue weighted by molar-refractivity contribution is 5.53. The van der Waals surface area contributed by atoms with Gasteiger partial charge in [-0.15, -0.1) is 0 Å². The van der Waals surface area contributed by atoms with Gasteiger partial charge >= 0.3 is 0 Å². The number of methoxy groups -OCH3 is 2. The van der Waals surface area contributed by atoms with E-state index >= 15 is 0 Å². The van der Waals surface area contributed by atoms with Crippen LogP contribution in [0, 0.1) is 0 Å². The van der Waals surface area contributed by atoms with Crippen molar-refractivity contribution in [3.8, 4) is 22.9 Å². The van der Waals surface area contributed by atoms with E-state index in [1.165, 1.54) is 0 Å². The molecule has 1 aromatic heterocycles. The van der Waals surface area contributed by atoms with Gasteiger partial charge in [0.05, 0.1) is 20.3 Å². The second-order valence-corrected chi connectivity index (χ2v) is 7.49. The zero-order valence-corrected chi connectivity index (χ0v) is 17.7. The highest BCUT2D eigenvalue weighted by Crippen LogP contribution is 2.27. The van der Waals surface area contributed by atoms with E-state index < -0.39 is 0 Å². The molecule has 0 spiro atoms. The van der Waals surface area contributed by atoms with Gasteiger partial charge in [-0.1, -0.05) is 35.5 Å². The van der Waals surface area contributed by atoms with Crippen LogP contribution in [0.2, 0.25) is 0 Å². The van der Waals surface area contributed by atoms with Gasteiger partial charge in [-0.2, -0.15) is 4.98 Å². The first-order valence-corrected chi connectivity index (χ1v) is 10.2. The molecule has 0 bridgehead atoms. The third-order valence-electron chi connectivity index (χ3n) is 5.67. The van der Waals surface area contributed by atoms with Crippen molar-refractivity contribution in [1.82, 2.24) is 19.9 Å². The van der Waals surface area contributed by atoms with Gasteiger partial charge in [-0.3, -0.25) is 9.80 Å². The predicted octanol–water partition coefficient (Wildman–Crippen LogP) is 3.63. The molecule has 1 aliphatic heterocycles. The summed E-state index contributed by atoms with van der Waals surface area (Å²) in [7, 11) is 3.39. The van der Waals surface area contributed by atoms with Gasteiger partial charge in [0, 0.05) is 43.9 Å². The molecule has 1 atom stereocenters. The Balaban J connectivity index is 1.36. The molecule has 0 amide bonds. The Morgan fingerprint density at radius 2 is 1.77 bits per heavy atom. The van der Waals surface area contributed by atoms with Gasteiger partial charge in [-0.05, 0) is 25.1 Å². The summed E-state index contributed by atoms with van der Waals surface area (Å²) >= 11 is 0. The Hall–Kier alpha value is -2.90. The lowest BCUT2D eigenvalue weighted by Gasteiger charge is -2.37. The summed E-state index contributed by atoms with van der Waals surface area (Å²) in [5, 5.41) is 4.16. The van der Waals surface area contributed by atoms with Crippen LogP contribution in [0.1, 0.15) is 24.4 Å². The fourth-order valence-electron chi connectivity index (χ4n) is 3.82. The molecular formula is C23H28N4O3. The molecule has 4 rings (SSSR count). The molecule has 0 N–H and O–H groups in total. The van der Waals surface area contributed by atoms with Crippen LogP contribution in [0.25, 0.3) is 11.4 Å². The Bertz CT molecular complexity index is 952. The van der Waals surface area contributed by atoms with Crippen molar-refractivity contribution in [2.45, 2.75) is 19.5 Å². The molecule has 3 aromatic rings. The summed E-state index contributed by atoms with van der Waals surface area (Å²) in [6, 6.07) is 15.9. The van der Waals surface area contributed by atoms with Crippen molar-refractivity contribution in [2.75, 3.05) is 40.4 Å². The number of hydrogen-bond donors (Lipinski definition) is 0. The van der Waals surface area contributed by atoms with Crippen molar-refractivity contribution in [3.63, 3.8) is 0 Å². The molecule has 2 aromatic carbocycles. The molecule has 0 saturated carbocycles. The fraction of sp³-hybridized carbons (Fsp3) is 0.391. The lowest BCUT2D eigenvalue weighted by atomic mass is 10.1. The standard InChI is InChI=1S/C23H28N4O3/c1-17(23-24-22(25-30-23)18-7-5-4-6-8-18)27-13-11-26(12-14-27)16-19-15-20(28-2)9-10-21(19)29-3/h4-10,15,17H,11-14,16H2,1-3H3/t17-/m1/s1. The minimum absolute atomic E-state index is 0.0865. The van der Waals surface area contributed by atoms with E-state index in [9.17, 15) is 0 Å². The zero-order valence-electron chi connectivity index (χ0n) is 17.7. The summed E-state index contributed by atoms with van der Waals surface area (Å²) in [5.74, 6) is 3.05. The van der Waals surface area contributed by atoms with E-state index in [0.717, 1.165) is 55.3 Å². The van der Waals surface area contributed by atoms with Crippen LogP contribution in [-0.4, -0.2) is 60.3 Å². The summed E-state index contributed by atoms with van der Waals surface area (Å²) in [5.41, 5.74) is 2.11. The van der Waals surface area contributed by atoms with Crippen LogP contribution in [0.15, 0.2) is 53.1 Å². The quantitative estimate of drug-likeness (QED) is 0.591. The number of hydrogen-bond acceptors (Lipinski definition) is 7. The maximum absolute atomic E-state index is 5.57. The SMILES string of the molecule is COc1ccc(OC)c(CN2CCN([C@H](C)c3nc(-c4ccccc4)no3)CC2)c1. The van der Waals surface area contributed by atoms with Gasteiger partial charge < -0.3 is 14.0 Å². The van der Waals surface area contributed by atoms with E-state index in [1.807, 2.05) is 42.5 Å². The summed E-state index contributed by atoms with van der Waals surface area (Å²) < 4.78 is 16.5. The van der Waals surface area contributed by atoms with E-state index in [-0.39, 0.29) is 6.04 Å². The van der Waals surface area contributed by atoms with Crippen LogP contribution in [0.5, 0.6) is 11.5 Å². The monoisotopic (exact) mass is 408 g/mol. The van der Waals surface area contributed by atoms with Crippen LogP contribution < -0.4 is 9.47 Å². The molecule has 0 unspecified atom stereocenters. The molecule has 30 heavy (non-hydrogen) atoms. The summed E-state index contributed by atoms with van der Waals surface area (Å²) in [4.78, 5) is 9.45. The van der Waals surface area contributed by atoms with E-state index in [4.69, 9.17) is 14.0 Å². The highest BCUT2D eigenvalue weighted by atomic mass is 16.5. The second kappa shape index (κ2) is 9.28. The van der Waals surface area contributed by atoms with Gasteiger partial charge in [0.2, 0.25) is 11.7 Å². The normalized spacial score (nSPS) is 16.4. The first-order chi connectivity index (χ1) is 14.7. The summed E-state index contributed by atoms with van der Waals surface area (Å²) in [6.45, 7) is 6.77. The van der Waals surface area contributed by atoms with Crippen molar-refractivity contribution < 1.29 is 14.0 Å². The molecule has 0 radical (unpaired) electrons. The van der Waals surface area contributed by atoms with E-state index in [1.54, 1.807) is 14.2 Å². The Morgan fingerprint density at radius 1 is 1.00 bits per heavy atom. The Kier molecular flexibility index (Phi) is 6.30. The number of rotatable bonds is 7. The maximum Gasteiger partial charge on any atom is 0.244 e. The minimum atomic E-state index is 0.0865. The lowest BCUT2D eigenvalue weighted by molar-refractivity contribution is 0.0840. The number of aromatic nitrogens is 2. The number of piperazine rings is 1. The molecule has 158 valence electrons. The van der Waals surface area contributed by atoms with E-state index in [0.29, 0.717) is 11.7 Å². The lowest BCUT2D eigenvalue weighted by Crippen LogP contribution is -2.46. The summed E-state index contributed by atoms with van der Waals surface area (Å²) in [6.07, 6.45) is 0. The van der Waals surface area contributed by atoms with Crippen molar-refractivity contribution >= 4 is 0 Å². The molecular weight excluding hydrogens is 380 g/mol. The van der Waals surface area contributed by atoms with Gasteiger partial charge in [-0.25, -0.2) is 0 Å². The molecule has 1 saturated heterocycles. The molecule has 7 heteroatoms. The first kappa shape index (κ1) is 20.4. The van der Waals surface area contributed by atoms with Crippen LogP contribution in [0.4, 0.5) is 0 Å².